The fourth-order valence-electron chi connectivity index (χ4n) is 3.14. The predicted molar refractivity (Wildman–Crippen MR) is 121 cm³/mol. The lowest BCUT2D eigenvalue weighted by Gasteiger charge is -2.12. The van der Waals surface area contributed by atoms with Gasteiger partial charge >= 0.3 is 6.03 Å². The van der Waals surface area contributed by atoms with E-state index >= 15 is 0 Å². The molecule has 0 radical (unpaired) electrons. The van der Waals surface area contributed by atoms with Gasteiger partial charge in [-0.2, -0.15) is 0 Å². The van der Waals surface area contributed by atoms with Crippen molar-refractivity contribution in [2.75, 3.05) is 0 Å². The van der Waals surface area contributed by atoms with Crippen molar-refractivity contribution in [2.24, 2.45) is 0 Å². The second-order valence-electron chi connectivity index (χ2n) is 7.06. The number of benzene rings is 3. The van der Waals surface area contributed by atoms with Crippen LogP contribution < -0.4 is 10.1 Å². The Kier molecular flexibility index (Phi) is 6.44. The molecule has 4 rings (SSSR count). The number of nitrogens with one attached hydrogen (secondary N) is 1. The zero-order valence-electron chi connectivity index (χ0n) is 16.6. The lowest BCUT2D eigenvalue weighted by atomic mass is 10.1. The molecule has 1 heterocycles. The average Bonchev–Trinajstić information content (AvgIpc) is 3.03. The Hall–Kier alpha value is -3.35. The Labute approximate surface area is 194 Å². The van der Waals surface area contributed by atoms with Gasteiger partial charge in [-0.15, -0.1) is 0 Å². The molecule has 0 aliphatic carbocycles. The van der Waals surface area contributed by atoms with Gasteiger partial charge in [-0.1, -0.05) is 59.6 Å². The van der Waals surface area contributed by atoms with Crippen LogP contribution in [0, 0.1) is 5.82 Å². The first-order valence-corrected chi connectivity index (χ1v) is 10.4. The van der Waals surface area contributed by atoms with Crippen molar-refractivity contribution >= 4 is 41.2 Å². The highest BCUT2D eigenvalue weighted by Gasteiger charge is 2.33. The summed E-state index contributed by atoms with van der Waals surface area (Å²) in [4.78, 5) is 25.8. The minimum absolute atomic E-state index is 0.118. The molecule has 32 heavy (non-hydrogen) atoms. The molecular formula is C24H17Cl2FN2O3. The average molecular weight is 471 g/mol. The summed E-state index contributed by atoms with van der Waals surface area (Å²) in [6.07, 6.45) is 1.56. The quantitative estimate of drug-likeness (QED) is 0.365. The predicted octanol–water partition coefficient (Wildman–Crippen LogP) is 5.80. The molecule has 1 aliphatic rings. The number of rotatable bonds is 6. The van der Waals surface area contributed by atoms with Crippen LogP contribution in [-0.4, -0.2) is 16.8 Å². The van der Waals surface area contributed by atoms with Crippen molar-refractivity contribution in [3.05, 3.63) is 105 Å². The third kappa shape index (κ3) is 4.93. The number of amides is 3. The smallest absolute Gasteiger partial charge is 0.329 e. The van der Waals surface area contributed by atoms with Gasteiger partial charge in [0.05, 0.1) is 6.54 Å². The van der Waals surface area contributed by atoms with Gasteiger partial charge < -0.3 is 10.1 Å². The van der Waals surface area contributed by atoms with Crippen molar-refractivity contribution in [3.8, 4) is 5.75 Å². The van der Waals surface area contributed by atoms with Crippen LogP contribution in [0.25, 0.3) is 6.08 Å². The molecule has 0 bridgehead atoms. The van der Waals surface area contributed by atoms with Gasteiger partial charge in [0.1, 0.15) is 23.9 Å². The van der Waals surface area contributed by atoms with Gasteiger partial charge in [-0.25, -0.2) is 9.18 Å². The van der Waals surface area contributed by atoms with Crippen LogP contribution in [0.2, 0.25) is 10.0 Å². The second kappa shape index (κ2) is 9.42. The van der Waals surface area contributed by atoms with Crippen LogP contribution in [0.4, 0.5) is 9.18 Å². The number of imide groups is 1. The number of carbonyl (C=O) groups is 2. The van der Waals surface area contributed by atoms with E-state index in [1.54, 1.807) is 60.7 Å². The Morgan fingerprint density at radius 2 is 1.72 bits per heavy atom. The molecule has 0 aromatic heterocycles. The highest BCUT2D eigenvalue weighted by Crippen LogP contribution is 2.24. The van der Waals surface area contributed by atoms with Crippen molar-refractivity contribution in [1.29, 1.82) is 0 Å². The van der Waals surface area contributed by atoms with Gasteiger partial charge in [0, 0.05) is 21.2 Å². The van der Waals surface area contributed by atoms with E-state index in [-0.39, 0.29) is 24.4 Å². The van der Waals surface area contributed by atoms with Gasteiger partial charge in [0.2, 0.25) is 0 Å². The number of ether oxygens (including phenoxy) is 1. The summed E-state index contributed by atoms with van der Waals surface area (Å²) in [7, 11) is 0. The first-order valence-electron chi connectivity index (χ1n) is 9.65. The normalized spacial score (nSPS) is 14.7. The molecule has 0 atom stereocenters. The van der Waals surface area contributed by atoms with E-state index in [2.05, 4.69) is 5.32 Å². The van der Waals surface area contributed by atoms with Gasteiger partial charge in [-0.3, -0.25) is 9.69 Å². The number of carbonyl (C=O) groups excluding carboxylic acids is 2. The molecule has 8 heteroatoms. The molecule has 0 saturated carbocycles. The lowest BCUT2D eigenvalue weighted by molar-refractivity contribution is -0.123. The van der Waals surface area contributed by atoms with Gasteiger partial charge in [0.25, 0.3) is 5.91 Å². The van der Waals surface area contributed by atoms with Crippen molar-refractivity contribution in [3.63, 3.8) is 0 Å². The van der Waals surface area contributed by atoms with Crippen LogP contribution in [-0.2, 0) is 17.9 Å². The Balaban J connectivity index is 1.42. The van der Waals surface area contributed by atoms with E-state index in [0.717, 1.165) is 10.5 Å². The van der Waals surface area contributed by atoms with Crippen molar-refractivity contribution in [1.82, 2.24) is 10.2 Å². The Morgan fingerprint density at radius 3 is 2.44 bits per heavy atom. The fourth-order valence-corrected chi connectivity index (χ4v) is 3.60. The lowest BCUT2D eigenvalue weighted by Crippen LogP contribution is -2.30. The van der Waals surface area contributed by atoms with E-state index in [1.165, 1.54) is 12.1 Å². The number of hydrogen-bond acceptors (Lipinski definition) is 3. The third-order valence-corrected chi connectivity index (χ3v) is 5.44. The van der Waals surface area contributed by atoms with Crippen LogP contribution in [0.5, 0.6) is 5.75 Å². The molecule has 162 valence electrons. The minimum Gasteiger partial charge on any atom is -0.489 e. The van der Waals surface area contributed by atoms with Gasteiger partial charge in [-0.05, 0) is 42.0 Å². The van der Waals surface area contributed by atoms with Gasteiger partial charge in [0.15, 0.2) is 0 Å². The zero-order valence-corrected chi connectivity index (χ0v) is 18.2. The molecule has 3 aromatic rings. The van der Waals surface area contributed by atoms with Crippen LogP contribution in [0.15, 0.2) is 72.4 Å². The summed E-state index contributed by atoms with van der Waals surface area (Å²) in [5, 5.41) is 3.61. The summed E-state index contributed by atoms with van der Waals surface area (Å²) in [6.45, 7) is 0.130. The molecule has 0 spiro atoms. The molecular weight excluding hydrogens is 454 g/mol. The minimum atomic E-state index is -0.593. The van der Waals surface area contributed by atoms with E-state index in [4.69, 9.17) is 27.9 Å². The van der Waals surface area contributed by atoms with Crippen LogP contribution >= 0.6 is 23.2 Å². The van der Waals surface area contributed by atoms with Crippen LogP contribution in [0.1, 0.15) is 16.7 Å². The standard InChI is InChI=1S/C24H17Cl2FN2O3/c25-18-8-7-17(20(26)12-18)14-32-19-9-5-15(6-10-19)11-22-23(30)29(24(31)28-22)13-16-3-1-2-4-21(16)27/h1-12H,13-14H2,(H,28,31)/b22-11+. The molecule has 0 unspecified atom stereocenters. The SMILES string of the molecule is O=C1N/C(=C/c2ccc(OCc3ccc(Cl)cc3Cl)cc2)C(=O)N1Cc1ccccc1F. The maximum atomic E-state index is 13.9. The monoisotopic (exact) mass is 470 g/mol. The summed E-state index contributed by atoms with van der Waals surface area (Å²) >= 11 is 12.0. The Morgan fingerprint density at radius 1 is 0.969 bits per heavy atom. The summed E-state index contributed by atoms with van der Waals surface area (Å²) < 4.78 is 19.6. The van der Waals surface area contributed by atoms with Crippen molar-refractivity contribution < 1.29 is 18.7 Å². The number of urea groups is 1. The summed E-state index contributed by atoms with van der Waals surface area (Å²) in [6, 6.07) is 17.6. The van der Waals surface area contributed by atoms with E-state index in [0.29, 0.717) is 21.4 Å². The Bertz CT molecular complexity index is 1210. The second-order valence-corrected chi connectivity index (χ2v) is 7.91. The van der Waals surface area contributed by atoms with Crippen molar-refractivity contribution in [2.45, 2.75) is 13.2 Å². The van der Waals surface area contributed by atoms with E-state index in [9.17, 15) is 14.0 Å². The summed E-state index contributed by atoms with van der Waals surface area (Å²) in [5.74, 6) is -0.377. The van der Waals surface area contributed by atoms with E-state index in [1.807, 2.05) is 0 Å². The molecule has 1 fully saturated rings. The molecule has 3 amide bonds. The largest absolute Gasteiger partial charge is 0.489 e. The number of hydrogen-bond donors (Lipinski definition) is 1. The molecule has 3 aromatic carbocycles. The molecule has 1 aliphatic heterocycles. The molecule has 1 N–H and O–H groups in total. The zero-order chi connectivity index (χ0) is 22.7. The fraction of sp³-hybridized carbons (Fsp3) is 0.0833. The number of nitrogens with zero attached hydrogens (tertiary/aromatic N) is 1. The van der Waals surface area contributed by atoms with Crippen LogP contribution in [0.3, 0.4) is 0 Å². The highest BCUT2D eigenvalue weighted by atomic mass is 35.5. The maximum Gasteiger partial charge on any atom is 0.329 e. The highest BCUT2D eigenvalue weighted by molar-refractivity contribution is 6.35. The molecule has 5 nitrogen and oxygen atoms in total. The summed E-state index contributed by atoms with van der Waals surface area (Å²) in [5.41, 5.74) is 1.88. The first kappa shape index (κ1) is 21.9. The van der Waals surface area contributed by atoms with E-state index < -0.39 is 17.8 Å². The third-order valence-electron chi connectivity index (χ3n) is 4.85. The first-order chi connectivity index (χ1) is 15.4. The maximum absolute atomic E-state index is 13.9. The topological polar surface area (TPSA) is 58.6 Å². The number of halogens is 3. The molecule has 1 saturated heterocycles.